The van der Waals surface area contributed by atoms with Crippen molar-refractivity contribution in [1.29, 1.82) is 0 Å². The molecule has 18 rings (SSSR count). The molecule has 0 radical (unpaired) electrons. The number of para-hydroxylation sites is 6. The number of fused-ring (bicyclic) bond motifs is 10. The van der Waals surface area contributed by atoms with Crippen molar-refractivity contribution in [1.82, 2.24) is 0 Å². The zero-order valence-corrected chi connectivity index (χ0v) is 52.6. The fourth-order valence-electron chi connectivity index (χ4n) is 14.7. The van der Waals surface area contributed by atoms with E-state index in [0.29, 0.717) is 0 Å². The molecule has 0 amide bonds. The van der Waals surface area contributed by atoms with E-state index in [1.54, 1.807) is 0 Å². The van der Waals surface area contributed by atoms with Gasteiger partial charge in [-0.25, -0.2) is 0 Å². The Labute approximate surface area is 559 Å². The lowest BCUT2D eigenvalue weighted by Crippen LogP contribution is -2.12. The zero-order chi connectivity index (χ0) is 63.5. The molecule has 0 aromatic heterocycles. The second-order valence-corrected chi connectivity index (χ2v) is 24.8. The van der Waals surface area contributed by atoms with Crippen molar-refractivity contribution in [3.8, 4) is 22.3 Å². The van der Waals surface area contributed by atoms with Gasteiger partial charge >= 0.3 is 0 Å². The number of nitrogens with zero attached hydrogens (tertiary/aromatic N) is 4. The van der Waals surface area contributed by atoms with Crippen molar-refractivity contribution < 1.29 is 0 Å². The van der Waals surface area contributed by atoms with Crippen LogP contribution in [-0.2, 0) is 0 Å². The summed E-state index contributed by atoms with van der Waals surface area (Å²) in [6, 6.07) is 131. The van der Waals surface area contributed by atoms with Crippen molar-refractivity contribution in [2.75, 3.05) is 19.6 Å². The Morgan fingerprint density at radius 2 is 0.573 bits per heavy atom. The van der Waals surface area contributed by atoms with Gasteiger partial charge in [0.1, 0.15) is 0 Å². The molecule has 0 spiro atoms. The largest absolute Gasteiger partial charge is 0.310 e. The lowest BCUT2D eigenvalue weighted by atomic mass is 9.91. The molecular weight excluding hydrogens is 1160 g/mol. The average Bonchev–Trinajstić information content (AvgIpc) is 1.05. The summed E-state index contributed by atoms with van der Waals surface area (Å²) in [6.07, 6.45) is 6.83. The molecule has 2 heterocycles. The summed E-state index contributed by atoms with van der Waals surface area (Å²) in [7, 11) is 0. The van der Waals surface area contributed by atoms with Gasteiger partial charge < -0.3 is 19.6 Å². The second kappa shape index (κ2) is 23.7. The number of anilines is 12. The van der Waals surface area contributed by atoms with E-state index in [4.69, 9.17) is 0 Å². The lowest BCUT2D eigenvalue weighted by Gasteiger charge is -2.28. The van der Waals surface area contributed by atoms with Gasteiger partial charge in [0, 0.05) is 50.5 Å². The Kier molecular flexibility index (Phi) is 13.8. The topological polar surface area (TPSA) is 13.0 Å². The molecule has 0 fully saturated rings. The third-order valence-corrected chi connectivity index (χ3v) is 19.3. The van der Waals surface area contributed by atoms with Crippen LogP contribution in [0.4, 0.5) is 68.2 Å². The molecule has 96 heavy (non-hydrogen) atoms. The van der Waals surface area contributed by atoms with Gasteiger partial charge in [-0.3, -0.25) is 0 Å². The first kappa shape index (κ1) is 56.0. The van der Waals surface area contributed by atoms with E-state index in [1.165, 1.54) is 48.8 Å². The summed E-state index contributed by atoms with van der Waals surface area (Å²) >= 11 is 0. The van der Waals surface area contributed by atoms with Crippen LogP contribution in [0.15, 0.2) is 358 Å². The highest BCUT2D eigenvalue weighted by atomic mass is 15.2. The van der Waals surface area contributed by atoms with Crippen LogP contribution >= 0.6 is 0 Å². The second-order valence-electron chi connectivity index (χ2n) is 24.8. The van der Waals surface area contributed by atoms with E-state index < -0.39 is 0 Å². The van der Waals surface area contributed by atoms with E-state index in [-0.39, 0.29) is 0 Å². The standard InChI is InChI=1S/C92H62N4/c1-3-25-73(26-4-1)93(91-61-69-23-7-11-29-79(69)81-30-12-14-32-83(81)91)75-50-41-63(42-51-75)64-43-52-76(53-44-64)94(74-27-5-2-6-28-74)92-62-72-59-70(49-58-80(72)82-31-13-15-33-84(82)92)86-60-71-24-10-19-37-89(71)96(90-38-20-16-34-85(86)90)78-56-47-66(48-57-78)65-45-54-77(55-46-65)95-87-35-17-8-21-67(87)39-40-68-22-9-18-36-88(68)95/h1-62H. The maximum absolute atomic E-state index is 2.43. The minimum absolute atomic E-state index is 1.07. The van der Waals surface area contributed by atoms with Crippen LogP contribution in [0.1, 0.15) is 27.8 Å². The monoisotopic (exact) mass is 1220 g/mol. The van der Waals surface area contributed by atoms with E-state index in [0.717, 1.165) is 118 Å². The van der Waals surface area contributed by atoms with Crippen molar-refractivity contribution in [3.63, 3.8) is 0 Å². The predicted octanol–water partition coefficient (Wildman–Crippen LogP) is 25.9. The summed E-state index contributed by atoms with van der Waals surface area (Å²) in [4.78, 5) is 9.63. The summed E-state index contributed by atoms with van der Waals surface area (Å²) in [6.45, 7) is 0. The van der Waals surface area contributed by atoms with Gasteiger partial charge in [0.15, 0.2) is 0 Å². The van der Waals surface area contributed by atoms with Crippen LogP contribution in [0.25, 0.3) is 89.1 Å². The van der Waals surface area contributed by atoms with Gasteiger partial charge in [-0.05, 0) is 204 Å². The number of rotatable bonds is 11. The highest BCUT2D eigenvalue weighted by molar-refractivity contribution is 6.17. The van der Waals surface area contributed by atoms with Crippen LogP contribution in [0.5, 0.6) is 0 Å². The first-order chi connectivity index (χ1) is 47.6. The molecule has 16 aromatic carbocycles. The van der Waals surface area contributed by atoms with E-state index in [1.807, 2.05) is 0 Å². The molecule has 0 bridgehead atoms. The molecule has 450 valence electrons. The zero-order valence-electron chi connectivity index (χ0n) is 52.6. The smallest absolute Gasteiger partial charge is 0.0546 e. The maximum Gasteiger partial charge on any atom is 0.0546 e. The first-order valence-corrected chi connectivity index (χ1v) is 33.0. The molecule has 4 nitrogen and oxygen atoms in total. The maximum atomic E-state index is 2.43. The molecule has 4 heteroatoms. The number of hydrogen-bond acceptors (Lipinski definition) is 4. The average molecular weight is 1220 g/mol. The third-order valence-electron chi connectivity index (χ3n) is 19.3. The quantitative estimate of drug-likeness (QED) is 0.120. The molecule has 0 aliphatic carbocycles. The van der Waals surface area contributed by atoms with Gasteiger partial charge in [0.05, 0.1) is 34.1 Å². The van der Waals surface area contributed by atoms with Crippen LogP contribution in [0.2, 0.25) is 0 Å². The third kappa shape index (κ3) is 9.87. The summed E-state index contributed by atoms with van der Waals surface area (Å²) in [5.41, 5.74) is 25.0. The summed E-state index contributed by atoms with van der Waals surface area (Å²) in [5.74, 6) is 0. The molecule has 0 unspecified atom stereocenters. The fraction of sp³-hybridized carbons (Fsp3) is 0. The first-order valence-electron chi connectivity index (χ1n) is 33.0. The molecular formula is C92H62N4. The number of hydrogen-bond donors (Lipinski definition) is 0. The van der Waals surface area contributed by atoms with Crippen molar-refractivity contribution in [2.45, 2.75) is 0 Å². The fourth-order valence-corrected chi connectivity index (χ4v) is 14.7. The highest BCUT2D eigenvalue weighted by Crippen LogP contribution is 2.50. The Hall–Kier alpha value is -12.8. The Morgan fingerprint density at radius 3 is 1.09 bits per heavy atom. The van der Waals surface area contributed by atoms with E-state index >= 15 is 0 Å². The minimum Gasteiger partial charge on any atom is -0.310 e. The van der Waals surface area contributed by atoms with Gasteiger partial charge in [-0.15, -0.1) is 0 Å². The molecule has 2 aliphatic heterocycles. The SMILES string of the molecule is C1=Cc2ccccc2N(c2ccc(-c3ccc(N4c5ccccc5C=C(c5ccc6c(c5)cc(N(c5ccccc5)c5ccc(-c7ccc(N(c8ccccc8)c8cc9ccccc9c9ccccc89)cc7)cc5)c5ccccc56)c5ccccc54)cc3)cc2)c2ccccc21. The Bertz CT molecular complexity index is 5650. The summed E-state index contributed by atoms with van der Waals surface area (Å²) < 4.78 is 0. The lowest BCUT2D eigenvalue weighted by molar-refractivity contribution is 1.27. The molecule has 0 saturated carbocycles. The van der Waals surface area contributed by atoms with Crippen molar-refractivity contribution in [2.24, 2.45) is 0 Å². The van der Waals surface area contributed by atoms with Crippen molar-refractivity contribution >= 4 is 135 Å². The van der Waals surface area contributed by atoms with Gasteiger partial charge in [0.25, 0.3) is 0 Å². The Balaban J connectivity index is 0.678. The number of benzene rings is 16. The van der Waals surface area contributed by atoms with Crippen LogP contribution in [0, 0.1) is 0 Å². The molecule has 0 atom stereocenters. The predicted molar refractivity (Wildman–Crippen MR) is 408 cm³/mol. The molecule has 0 N–H and O–H groups in total. The van der Waals surface area contributed by atoms with Gasteiger partial charge in [-0.2, -0.15) is 0 Å². The highest BCUT2D eigenvalue weighted by Gasteiger charge is 2.27. The molecule has 16 aromatic rings. The van der Waals surface area contributed by atoms with E-state index in [9.17, 15) is 0 Å². The van der Waals surface area contributed by atoms with Crippen LogP contribution in [0.3, 0.4) is 0 Å². The van der Waals surface area contributed by atoms with Crippen LogP contribution < -0.4 is 19.6 Å². The van der Waals surface area contributed by atoms with Crippen molar-refractivity contribution in [3.05, 3.63) is 386 Å². The molecule has 2 aliphatic rings. The summed E-state index contributed by atoms with van der Waals surface area (Å²) in [5, 5.41) is 9.67. The van der Waals surface area contributed by atoms with Crippen LogP contribution in [-0.4, -0.2) is 0 Å². The Morgan fingerprint density at radius 1 is 0.219 bits per heavy atom. The van der Waals surface area contributed by atoms with Gasteiger partial charge in [-0.1, -0.05) is 255 Å². The minimum atomic E-state index is 1.07. The van der Waals surface area contributed by atoms with Gasteiger partial charge in [0.2, 0.25) is 0 Å². The molecule has 0 saturated heterocycles. The normalized spacial score (nSPS) is 12.4. The van der Waals surface area contributed by atoms with E-state index in [2.05, 4.69) is 396 Å².